The van der Waals surface area contributed by atoms with Crippen LogP contribution in [-0.4, -0.2) is 46.3 Å². The molecule has 3 N–H and O–H groups in total. The van der Waals surface area contributed by atoms with Crippen LogP contribution in [0, 0.1) is 0 Å². The van der Waals surface area contributed by atoms with Crippen molar-refractivity contribution in [1.29, 1.82) is 0 Å². The fraction of sp³-hybridized carbons (Fsp3) is 0.357. The van der Waals surface area contributed by atoms with Crippen LogP contribution in [0.5, 0.6) is 5.75 Å². The fourth-order valence-electron chi connectivity index (χ4n) is 5.67. The first-order valence-electron chi connectivity index (χ1n) is 12.5. The lowest BCUT2D eigenvalue weighted by molar-refractivity contribution is 0.463. The predicted molar refractivity (Wildman–Crippen MR) is 136 cm³/mol. The van der Waals surface area contributed by atoms with Crippen molar-refractivity contribution >= 4 is 27.5 Å². The van der Waals surface area contributed by atoms with Gasteiger partial charge in [-0.15, -0.1) is 0 Å². The van der Waals surface area contributed by atoms with E-state index in [0.29, 0.717) is 24.7 Å². The van der Waals surface area contributed by atoms with Gasteiger partial charge in [-0.05, 0) is 71.8 Å². The molecule has 1 aromatic heterocycles. The molecular formula is C28H29N5O. The number of hydrogen-bond acceptors (Lipinski definition) is 6. The highest BCUT2D eigenvalue weighted by Gasteiger charge is 2.33. The highest BCUT2D eigenvalue weighted by Crippen LogP contribution is 2.36. The van der Waals surface area contributed by atoms with E-state index in [0.717, 1.165) is 57.5 Å². The smallest absolute Gasteiger partial charge is 0.145 e. The Morgan fingerprint density at radius 3 is 2.56 bits per heavy atom. The van der Waals surface area contributed by atoms with Gasteiger partial charge in [0.1, 0.15) is 17.4 Å². The number of piperazine rings is 1. The number of aromatic hydroxyl groups is 1. The third-order valence-corrected chi connectivity index (χ3v) is 7.52. The van der Waals surface area contributed by atoms with E-state index < -0.39 is 0 Å². The second-order valence-electron chi connectivity index (χ2n) is 10.1. The molecule has 34 heavy (non-hydrogen) atoms. The summed E-state index contributed by atoms with van der Waals surface area (Å²) < 4.78 is 0. The van der Waals surface area contributed by atoms with Crippen molar-refractivity contribution < 1.29 is 5.11 Å². The van der Waals surface area contributed by atoms with Crippen LogP contribution < -0.4 is 15.5 Å². The van der Waals surface area contributed by atoms with E-state index in [4.69, 9.17) is 9.97 Å². The number of nitrogens with one attached hydrogen (secondary N) is 2. The van der Waals surface area contributed by atoms with Gasteiger partial charge in [-0.25, -0.2) is 9.97 Å². The number of fused-ring (bicyclic) bond motifs is 4. The molecule has 2 saturated heterocycles. The molecule has 2 bridgehead atoms. The molecule has 2 aliphatic heterocycles. The van der Waals surface area contributed by atoms with Gasteiger partial charge in [0, 0.05) is 36.6 Å². The number of rotatable bonds is 5. The molecule has 3 aromatic carbocycles. The molecule has 3 aliphatic rings. The lowest BCUT2D eigenvalue weighted by Gasteiger charge is -2.34. The minimum atomic E-state index is 0.280. The summed E-state index contributed by atoms with van der Waals surface area (Å²) in [5.41, 5.74) is 3.05. The maximum absolute atomic E-state index is 10.4. The molecule has 1 aliphatic carbocycles. The molecular weight excluding hydrogens is 422 g/mol. The summed E-state index contributed by atoms with van der Waals surface area (Å²) in [6.45, 7) is 2.69. The summed E-state index contributed by atoms with van der Waals surface area (Å²) in [4.78, 5) is 12.5. The molecule has 2 unspecified atom stereocenters. The summed E-state index contributed by atoms with van der Waals surface area (Å²) in [6.07, 6.45) is 4.98. The number of aromatic nitrogens is 2. The normalized spacial score (nSPS) is 22.1. The molecule has 0 spiro atoms. The Balaban J connectivity index is 1.35. The second kappa shape index (κ2) is 7.93. The van der Waals surface area contributed by atoms with Gasteiger partial charge < -0.3 is 20.6 Å². The van der Waals surface area contributed by atoms with Crippen LogP contribution in [0.1, 0.15) is 31.5 Å². The molecule has 6 heteroatoms. The van der Waals surface area contributed by atoms with E-state index in [1.807, 2.05) is 30.3 Å². The van der Waals surface area contributed by atoms with Crippen LogP contribution in [0.15, 0.2) is 54.6 Å². The Morgan fingerprint density at radius 2 is 1.74 bits per heavy atom. The van der Waals surface area contributed by atoms with Gasteiger partial charge in [0.05, 0.1) is 12.1 Å². The summed E-state index contributed by atoms with van der Waals surface area (Å²) in [5.74, 6) is 2.20. The Hall–Kier alpha value is -3.22. The molecule has 2 atom stereocenters. The third kappa shape index (κ3) is 3.67. The van der Waals surface area contributed by atoms with Crippen molar-refractivity contribution in [3.63, 3.8) is 0 Å². The molecule has 3 fully saturated rings. The van der Waals surface area contributed by atoms with Gasteiger partial charge in [0.2, 0.25) is 0 Å². The van der Waals surface area contributed by atoms with E-state index >= 15 is 0 Å². The Kier molecular flexibility index (Phi) is 4.71. The molecule has 3 heterocycles. The standard InChI is InChI=1S/C28H29N5O/c34-22-11-17-3-1-2-4-23(17)25(13-22)18-5-10-24-26(12-18)31-27(14-29-19-6-7-19)32-28(24)33-15-20-8-9-21(16-33)30-20/h1-5,10-13,19-21,29-30,34H,6-9,14-16H2. The Bertz CT molecular complexity index is 1390. The summed E-state index contributed by atoms with van der Waals surface area (Å²) >= 11 is 0. The number of nitrogens with zero attached hydrogens (tertiary/aromatic N) is 3. The van der Waals surface area contributed by atoms with E-state index in [1.54, 1.807) is 0 Å². The van der Waals surface area contributed by atoms with Crippen LogP contribution >= 0.6 is 0 Å². The van der Waals surface area contributed by atoms with Crippen molar-refractivity contribution in [3.05, 3.63) is 60.4 Å². The van der Waals surface area contributed by atoms with Crippen molar-refractivity contribution in [2.45, 2.75) is 50.4 Å². The predicted octanol–water partition coefficient (Wildman–Crippen LogP) is 4.35. The van der Waals surface area contributed by atoms with E-state index in [2.05, 4.69) is 39.8 Å². The number of phenolic OH excluding ortho intramolecular Hbond substituents is 1. The van der Waals surface area contributed by atoms with Crippen molar-refractivity contribution in [1.82, 2.24) is 20.6 Å². The topological polar surface area (TPSA) is 73.3 Å². The number of anilines is 1. The third-order valence-electron chi connectivity index (χ3n) is 7.52. The summed E-state index contributed by atoms with van der Waals surface area (Å²) in [5, 5.41) is 21.0. The number of benzene rings is 3. The molecule has 0 radical (unpaired) electrons. The SMILES string of the molecule is Oc1cc(-c2ccc3c(N4CC5CCC(C4)N5)nc(CNC4CC4)nc3c2)c2ccccc2c1. The van der Waals surface area contributed by atoms with Crippen molar-refractivity contribution in [3.8, 4) is 16.9 Å². The van der Waals surface area contributed by atoms with Gasteiger partial charge in [0.25, 0.3) is 0 Å². The molecule has 6 nitrogen and oxygen atoms in total. The molecule has 4 aromatic rings. The van der Waals surface area contributed by atoms with Crippen LogP contribution in [0.25, 0.3) is 32.8 Å². The lowest BCUT2D eigenvalue weighted by atomic mass is 9.97. The number of phenols is 1. The average molecular weight is 452 g/mol. The zero-order chi connectivity index (χ0) is 22.6. The summed E-state index contributed by atoms with van der Waals surface area (Å²) in [6, 6.07) is 20.1. The summed E-state index contributed by atoms with van der Waals surface area (Å²) in [7, 11) is 0. The molecule has 0 amide bonds. The van der Waals surface area contributed by atoms with Gasteiger partial charge in [-0.3, -0.25) is 0 Å². The minimum absolute atomic E-state index is 0.280. The Morgan fingerprint density at radius 1 is 0.912 bits per heavy atom. The van der Waals surface area contributed by atoms with Crippen LogP contribution in [0.3, 0.4) is 0 Å². The second-order valence-corrected chi connectivity index (χ2v) is 10.1. The maximum atomic E-state index is 10.4. The Labute approximate surface area is 199 Å². The van der Waals surface area contributed by atoms with Crippen LogP contribution in [0.4, 0.5) is 5.82 Å². The van der Waals surface area contributed by atoms with Crippen molar-refractivity contribution in [2.24, 2.45) is 0 Å². The highest BCUT2D eigenvalue weighted by molar-refractivity contribution is 6.00. The van der Waals surface area contributed by atoms with Gasteiger partial charge in [-0.2, -0.15) is 0 Å². The van der Waals surface area contributed by atoms with Gasteiger partial charge >= 0.3 is 0 Å². The lowest BCUT2D eigenvalue weighted by Crippen LogP contribution is -2.51. The quantitative estimate of drug-likeness (QED) is 0.419. The van der Waals surface area contributed by atoms with Crippen molar-refractivity contribution in [2.75, 3.05) is 18.0 Å². The van der Waals surface area contributed by atoms with E-state index in [-0.39, 0.29) is 5.75 Å². The molecule has 7 rings (SSSR count). The monoisotopic (exact) mass is 451 g/mol. The largest absolute Gasteiger partial charge is 0.508 e. The highest BCUT2D eigenvalue weighted by atomic mass is 16.3. The molecule has 1 saturated carbocycles. The zero-order valence-corrected chi connectivity index (χ0v) is 19.2. The van der Waals surface area contributed by atoms with Crippen LogP contribution in [-0.2, 0) is 6.54 Å². The van der Waals surface area contributed by atoms with E-state index in [9.17, 15) is 5.11 Å². The van der Waals surface area contributed by atoms with E-state index in [1.165, 1.54) is 25.7 Å². The number of hydrogen-bond donors (Lipinski definition) is 3. The first kappa shape index (κ1) is 20.2. The fourth-order valence-corrected chi connectivity index (χ4v) is 5.67. The van der Waals surface area contributed by atoms with Gasteiger partial charge in [0.15, 0.2) is 0 Å². The average Bonchev–Trinajstić information content (AvgIpc) is 3.63. The van der Waals surface area contributed by atoms with Gasteiger partial charge in [-0.1, -0.05) is 30.3 Å². The maximum Gasteiger partial charge on any atom is 0.145 e. The zero-order valence-electron chi connectivity index (χ0n) is 19.2. The van der Waals surface area contributed by atoms with Crippen LogP contribution in [0.2, 0.25) is 0 Å². The first-order valence-corrected chi connectivity index (χ1v) is 12.5. The molecule has 172 valence electrons. The minimum Gasteiger partial charge on any atom is -0.508 e. The first-order chi connectivity index (χ1) is 16.7.